The van der Waals surface area contributed by atoms with Gasteiger partial charge in [-0.1, -0.05) is 48.5 Å². The topological polar surface area (TPSA) is 76.0 Å². The molecule has 122 valence electrons. The van der Waals surface area contributed by atoms with E-state index >= 15 is 0 Å². The lowest BCUT2D eigenvalue weighted by Gasteiger charge is -2.19. The van der Waals surface area contributed by atoms with Crippen molar-refractivity contribution in [1.82, 2.24) is 0 Å². The molecule has 0 aliphatic rings. The van der Waals surface area contributed by atoms with Crippen molar-refractivity contribution in [3.63, 3.8) is 0 Å². The van der Waals surface area contributed by atoms with Gasteiger partial charge < -0.3 is 19.7 Å². The zero-order valence-electron chi connectivity index (χ0n) is 12.9. The van der Waals surface area contributed by atoms with Gasteiger partial charge in [-0.15, -0.1) is 0 Å². The molecule has 2 rings (SSSR count). The highest BCUT2D eigenvalue weighted by atomic mass is 16.5. The normalized spacial score (nSPS) is 13.2. The van der Waals surface area contributed by atoms with Crippen molar-refractivity contribution in [2.75, 3.05) is 6.61 Å². The second-order valence-corrected chi connectivity index (χ2v) is 4.95. The van der Waals surface area contributed by atoms with Crippen molar-refractivity contribution in [3.05, 3.63) is 65.7 Å². The first kappa shape index (κ1) is 17.0. The average molecular weight is 316 g/mol. The highest BCUT2D eigenvalue weighted by Gasteiger charge is 2.29. The predicted octanol–water partition coefficient (Wildman–Crippen LogP) is 2.22. The van der Waals surface area contributed by atoms with Crippen LogP contribution in [0.25, 0.3) is 0 Å². The van der Waals surface area contributed by atoms with Crippen molar-refractivity contribution < 1.29 is 24.5 Å². The quantitative estimate of drug-likeness (QED) is 0.766. The van der Waals surface area contributed by atoms with Gasteiger partial charge in [-0.25, -0.2) is 4.79 Å². The molecule has 0 heterocycles. The summed E-state index contributed by atoms with van der Waals surface area (Å²) in [6.45, 7) is 2.09. The molecule has 0 saturated heterocycles. The van der Waals surface area contributed by atoms with E-state index in [1.165, 1.54) is 0 Å². The lowest BCUT2D eigenvalue weighted by Crippen LogP contribution is -2.30. The summed E-state index contributed by atoms with van der Waals surface area (Å²) in [4.78, 5) is 11.6. The Labute approximate surface area is 135 Å². The van der Waals surface area contributed by atoms with Crippen LogP contribution in [0.2, 0.25) is 0 Å². The fraction of sp³-hybridized carbons (Fsp3) is 0.278. The number of carbonyl (C=O) groups excluding carboxylic acids is 1. The van der Waals surface area contributed by atoms with Crippen molar-refractivity contribution in [1.29, 1.82) is 0 Å². The van der Waals surface area contributed by atoms with Gasteiger partial charge in [0.2, 0.25) is 0 Å². The van der Waals surface area contributed by atoms with Crippen molar-refractivity contribution >= 4 is 5.97 Å². The highest BCUT2D eigenvalue weighted by molar-refractivity contribution is 5.75. The van der Waals surface area contributed by atoms with E-state index < -0.39 is 18.2 Å². The van der Waals surface area contributed by atoms with Gasteiger partial charge in [0.15, 0.2) is 6.10 Å². The first-order valence-electron chi connectivity index (χ1n) is 7.42. The Morgan fingerprint density at radius 3 is 2.39 bits per heavy atom. The van der Waals surface area contributed by atoms with Crippen LogP contribution in [0.15, 0.2) is 54.6 Å². The minimum absolute atomic E-state index is 0.134. The number of benzene rings is 2. The number of aliphatic hydroxyl groups excluding tert-OH is 2. The number of para-hydroxylation sites is 1. The van der Waals surface area contributed by atoms with Gasteiger partial charge in [0.05, 0.1) is 6.61 Å². The van der Waals surface area contributed by atoms with E-state index in [9.17, 15) is 15.0 Å². The molecule has 2 unspecified atom stereocenters. The summed E-state index contributed by atoms with van der Waals surface area (Å²) in [7, 11) is 0. The van der Waals surface area contributed by atoms with Crippen LogP contribution in [0, 0.1) is 0 Å². The van der Waals surface area contributed by atoms with Crippen molar-refractivity contribution in [3.8, 4) is 5.75 Å². The minimum atomic E-state index is -1.66. The Morgan fingerprint density at radius 1 is 1.04 bits per heavy atom. The van der Waals surface area contributed by atoms with Gasteiger partial charge in [0.25, 0.3) is 0 Å². The third kappa shape index (κ3) is 4.55. The van der Waals surface area contributed by atoms with Crippen LogP contribution in [0.4, 0.5) is 0 Å². The predicted molar refractivity (Wildman–Crippen MR) is 84.8 cm³/mol. The molecule has 0 saturated carbocycles. The van der Waals surface area contributed by atoms with Gasteiger partial charge in [-0.05, 0) is 18.6 Å². The second-order valence-electron chi connectivity index (χ2n) is 4.95. The Hall–Kier alpha value is -2.37. The van der Waals surface area contributed by atoms with Crippen LogP contribution in [0.1, 0.15) is 24.2 Å². The molecule has 0 bridgehead atoms. The number of ether oxygens (including phenoxy) is 2. The van der Waals surface area contributed by atoms with Gasteiger partial charge in [0, 0.05) is 5.56 Å². The molecule has 0 amide bonds. The number of carbonyl (C=O) groups is 1. The lowest BCUT2D eigenvalue weighted by molar-refractivity contribution is -0.159. The Balaban J connectivity index is 2.11. The fourth-order valence-electron chi connectivity index (χ4n) is 2.12. The molecular formula is C18H20O5. The molecule has 0 radical (unpaired) electrons. The highest BCUT2D eigenvalue weighted by Crippen LogP contribution is 2.28. The molecule has 5 heteroatoms. The summed E-state index contributed by atoms with van der Waals surface area (Å²) < 4.78 is 10.4. The summed E-state index contributed by atoms with van der Waals surface area (Å²) in [5, 5.41) is 20.1. The molecule has 2 N–H and O–H groups in total. The van der Waals surface area contributed by atoms with E-state index in [1.54, 1.807) is 31.2 Å². The van der Waals surface area contributed by atoms with E-state index in [0.717, 1.165) is 5.56 Å². The Bertz CT molecular complexity index is 626. The second kappa shape index (κ2) is 8.31. The SMILES string of the molecule is CCOC(=O)C(O)C(O)c1ccccc1OCc1ccccc1. The van der Waals surface area contributed by atoms with Gasteiger partial charge in [0.1, 0.15) is 18.5 Å². The van der Waals surface area contributed by atoms with Gasteiger partial charge >= 0.3 is 5.97 Å². The molecule has 0 aliphatic carbocycles. The maximum atomic E-state index is 11.6. The molecule has 0 spiro atoms. The van der Waals surface area contributed by atoms with E-state index in [4.69, 9.17) is 9.47 Å². The summed E-state index contributed by atoms with van der Waals surface area (Å²) in [6.07, 6.45) is -3.07. The molecule has 2 atom stereocenters. The van der Waals surface area contributed by atoms with Crippen molar-refractivity contribution in [2.45, 2.75) is 25.7 Å². The van der Waals surface area contributed by atoms with Crippen LogP contribution in [-0.2, 0) is 16.1 Å². The monoisotopic (exact) mass is 316 g/mol. The maximum Gasteiger partial charge on any atom is 0.338 e. The van der Waals surface area contributed by atoms with Gasteiger partial charge in [-0.3, -0.25) is 0 Å². The molecule has 0 fully saturated rings. The maximum absolute atomic E-state index is 11.6. The first-order chi connectivity index (χ1) is 11.1. The number of hydrogen-bond donors (Lipinski definition) is 2. The molecule has 0 aliphatic heterocycles. The molecule has 0 aromatic heterocycles. The third-order valence-corrected chi connectivity index (χ3v) is 3.30. The smallest absolute Gasteiger partial charge is 0.338 e. The molecule has 5 nitrogen and oxygen atoms in total. The molecule has 2 aromatic rings. The van der Waals surface area contributed by atoms with Gasteiger partial charge in [-0.2, -0.15) is 0 Å². The van der Waals surface area contributed by atoms with Crippen LogP contribution in [-0.4, -0.2) is 28.9 Å². The standard InChI is InChI=1S/C18H20O5/c1-2-22-18(21)17(20)16(19)14-10-6-7-11-15(14)23-12-13-8-4-3-5-9-13/h3-11,16-17,19-20H,2,12H2,1H3. The van der Waals surface area contributed by atoms with E-state index in [-0.39, 0.29) is 6.61 Å². The minimum Gasteiger partial charge on any atom is -0.489 e. The van der Waals surface area contributed by atoms with Crippen LogP contribution < -0.4 is 4.74 Å². The summed E-state index contributed by atoms with van der Waals surface area (Å²) >= 11 is 0. The van der Waals surface area contributed by atoms with E-state index in [2.05, 4.69) is 0 Å². The van der Waals surface area contributed by atoms with Crippen LogP contribution >= 0.6 is 0 Å². The molecule has 23 heavy (non-hydrogen) atoms. The third-order valence-electron chi connectivity index (χ3n) is 3.30. The molecule has 2 aromatic carbocycles. The summed E-state index contributed by atoms with van der Waals surface area (Å²) in [5.41, 5.74) is 1.31. The Kier molecular flexibility index (Phi) is 6.14. The molecular weight excluding hydrogens is 296 g/mol. The number of rotatable bonds is 7. The first-order valence-corrected chi connectivity index (χ1v) is 7.42. The van der Waals surface area contributed by atoms with Crippen molar-refractivity contribution in [2.24, 2.45) is 0 Å². The average Bonchev–Trinajstić information content (AvgIpc) is 2.60. The van der Waals surface area contributed by atoms with Crippen LogP contribution in [0.3, 0.4) is 0 Å². The number of hydrogen-bond acceptors (Lipinski definition) is 5. The largest absolute Gasteiger partial charge is 0.489 e. The lowest BCUT2D eigenvalue weighted by atomic mass is 10.0. The van der Waals surface area contributed by atoms with E-state index in [0.29, 0.717) is 17.9 Å². The number of aliphatic hydroxyl groups is 2. The zero-order chi connectivity index (χ0) is 16.7. The Morgan fingerprint density at radius 2 is 1.70 bits per heavy atom. The zero-order valence-corrected chi connectivity index (χ0v) is 12.9. The van der Waals surface area contributed by atoms with E-state index in [1.807, 2.05) is 30.3 Å². The summed E-state index contributed by atoms with van der Waals surface area (Å²) in [6, 6.07) is 16.3. The fourth-order valence-corrected chi connectivity index (χ4v) is 2.12. The van der Waals surface area contributed by atoms with Crippen LogP contribution in [0.5, 0.6) is 5.75 Å². The summed E-state index contributed by atoms with van der Waals surface area (Å²) in [5.74, 6) is -0.454. The number of esters is 1.